The van der Waals surface area contributed by atoms with Crippen molar-refractivity contribution in [2.75, 3.05) is 6.54 Å². The van der Waals surface area contributed by atoms with Crippen molar-refractivity contribution in [2.45, 2.75) is 38.3 Å². The van der Waals surface area contributed by atoms with Gasteiger partial charge in [-0.15, -0.1) is 0 Å². The molecule has 0 aliphatic carbocycles. The van der Waals surface area contributed by atoms with Gasteiger partial charge < -0.3 is 9.32 Å². The number of carbonyl (C=O) groups is 1. The maximum Gasteiger partial charge on any atom is 0.328 e. The van der Waals surface area contributed by atoms with Gasteiger partial charge in [0.05, 0.1) is 6.20 Å². The lowest BCUT2D eigenvalue weighted by Crippen LogP contribution is -2.42. The summed E-state index contributed by atoms with van der Waals surface area (Å²) in [5.41, 5.74) is 0.0465. The fraction of sp³-hybridized carbons (Fsp3) is 0.333. The van der Waals surface area contributed by atoms with E-state index in [1.165, 1.54) is 16.8 Å². The highest BCUT2D eigenvalue weighted by Crippen LogP contribution is 2.31. The van der Waals surface area contributed by atoms with E-state index in [0.29, 0.717) is 18.9 Å². The second kappa shape index (κ2) is 8.30. The zero-order chi connectivity index (χ0) is 20.2. The van der Waals surface area contributed by atoms with Crippen LogP contribution in [0.15, 0.2) is 62.8 Å². The molecule has 4 rings (SSSR count). The van der Waals surface area contributed by atoms with E-state index in [9.17, 15) is 14.4 Å². The number of benzene rings is 1. The number of aromatic amines is 1. The summed E-state index contributed by atoms with van der Waals surface area (Å²) in [4.78, 5) is 44.3. The summed E-state index contributed by atoms with van der Waals surface area (Å²) < 4.78 is 7.18. The molecular formula is C21H22N4O4. The number of aromatic nitrogens is 3. The normalized spacial score (nSPS) is 16.7. The van der Waals surface area contributed by atoms with Crippen LogP contribution in [0.2, 0.25) is 0 Å². The first-order valence-corrected chi connectivity index (χ1v) is 9.68. The summed E-state index contributed by atoms with van der Waals surface area (Å²) in [5, 5.41) is 0. The van der Waals surface area contributed by atoms with Gasteiger partial charge in [-0.3, -0.25) is 19.1 Å². The van der Waals surface area contributed by atoms with Crippen LogP contribution in [-0.4, -0.2) is 31.9 Å². The van der Waals surface area contributed by atoms with Crippen LogP contribution < -0.4 is 11.2 Å². The molecule has 1 aliphatic rings. The van der Waals surface area contributed by atoms with Crippen molar-refractivity contribution in [1.82, 2.24) is 19.4 Å². The predicted octanol–water partition coefficient (Wildman–Crippen LogP) is 1.87. The molecule has 1 aliphatic heterocycles. The number of hydrogen-bond donors (Lipinski definition) is 1. The van der Waals surface area contributed by atoms with Crippen LogP contribution in [-0.2, 0) is 17.8 Å². The first-order valence-electron chi connectivity index (χ1n) is 9.68. The van der Waals surface area contributed by atoms with E-state index in [1.54, 1.807) is 11.1 Å². The standard InChI is InChI=1S/C21H22N4O4/c26-18-9-11-24(21(28)23-18)14-19(27)25-10-5-4-8-17(25)20-22-13-16(29-20)12-15-6-2-1-3-7-15/h1-3,6-7,9,11,13,17H,4-5,8,10,12,14H2,(H,23,26,28)/t17-/m1/s1. The quantitative estimate of drug-likeness (QED) is 0.712. The minimum Gasteiger partial charge on any atom is -0.443 e. The van der Waals surface area contributed by atoms with Gasteiger partial charge in [0.15, 0.2) is 0 Å². The molecule has 1 fully saturated rings. The van der Waals surface area contributed by atoms with E-state index < -0.39 is 11.2 Å². The summed E-state index contributed by atoms with van der Waals surface area (Å²) in [5.74, 6) is 1.07. The highest BCUT2D eigenvalue weighted by molar-refractivity contribution is 5.76. The highest BCUT2D eigenvalue weighted by Gasteiger charge is 2.31. The zero-order valence-electron chi connectivity index (χ0n) is 15.9. The molecule has 2 aromatic heterocycles. The molecule has 1 N–H and O–H groups in total. The molecule has 0 bridgehead atoms. The highest BCUT2D eigenvalue weighted by atomic mass is 16.4. The molecule has 0 unspecified atom stereocenters. The van der Waals surface area contributed by atoms with Crippen molar-refractivity contribution in [3.63, 3.8) is 0 Å². The Bertz CT molecular complexity index is 1100. The van der Waals surface area contributed by atoms with Gasteiger partial charge in [-0.2, -0.15) is 0 Å². The molecule has 0 radical (unpaired) electrons. The number of oxazole rings is 1. The number of carbonyl (C=O) groups excluding carboxylic acids is 1. The molecule has 1 amide bonds. The molecule has 8 nitrogen and oxygen atoms in total. The molecule has 0 spiro atoms. The lowest BCUT2D eigenvalue weighted by atomic mass is 10.0. The fourth-order valence-corrected chi connectivity index (χ4v) is 3.65. The Morgan fingerprint density at radius 3 is 2.79 bits per heavy atom. The Hall–Kier alpha value is -3.42. The van der Waals surface area contributed by atoms with E-state index in [4.69, 9.17) is 4.42 Å². The van der Waals surface area contributed by atoms with Gasteiger partial charge in [-0.05, 0) is 24.8 Å². The molecule has 29 heavy (non-hydrogen) atoms. The van der Waals surface area contributed by atoms with Gasteiger partial charge in [0.2, 0.25) is 11.8 Å². The summed E-state index contributed by atoms with van der Waals surface area (Å²) in [6.45, 7) is 0.446. The van der Waals surface area contributed by atoms with E-state index in [0.717, 1.165) is 30.6 Å². The smallest absolute Gasteiger partial charge is 0.328 e. The second-order valence-corrected chi connectivity index (χ2v) is 7.16. The number of nitrogens with zero attached hydrogens (tertiary/aromatic N) is 3. The number of likely N-dealkylation sites (tertiary alicyclic amines) is 1. The largest absolute Gasteiger partial charge is 0.443 e. The molecule has 1 atom stereocenters. The Labute approximate surface area is 166 Å². The van der Waals surface area contributed by atoms with Crippen LogP contribution in [0.1, 0.15) is 42.5 Å². The van der Waals surface area contributed by atoms with Crippen molar-refractivity contribution in [3.05, 3.63) is 86.8 Å². The Morgan fingerprint density at radius 1 is 1.17 bits per heavy atom. The lowest BCUT2D eigenvalue weighted by molar-refractivity contribution is -0.136. The van der Waals surface area contributed by atoms with Crippen molar-refractivity contribution < 1.29 is 9.21 Å². The van der Waals surface area contributed by atoms with Crippen LogP contribution in [0, 0.1) is 0 Å². The summed E-state index contributed by atoms with van der Waals surface area (Å²) in [6, 6.07) is 11.0. The monoisotopic (exact) mass is 394 g/mol. The number of rotatable bonds is 5. The maximum atomic E-state index is 12.9. The van der Waals surface area contributed by atoms with Gasteiger partial charge in [-0.1, -0.05) is 30.3 Å². The number of H-pyrrole nitrogens is 1. The lowest BCUT2D eigenvalue weighted by Gasteiger charge is -2.33. The first-order chi connectivity index (χ1) is 14.1. The Kier molecular flexibility index (Phi) is 5.41. The zero-order valence-corrected chi connectivity index (χ0v) is 15.9. The SMILES string of the molecule is O=C(Cn1ccc(=O)[nH]c1=O)N1CCCC[C@@H]1c1ncc(Cc2ccccc2)o1. The predicted molar refractivity (Wildman–Crippen MR) is 105 cm³/mol. The minimum absolute atomic E-state index is 0.135. The maximum absolute atomic E-state index is 12.9. The summed E-state index contributed by atoms with van der Waals surface area (Å²) in [7, 11) is 0. The van der Waals surface area contributed by atoms with Crippen molar-refractivity contribution in [3.8, 4) is 0 Å². The third kappa shape index (κ3) is 4.37. The molecule has 1 saturated heterocycles. The third-order valence-electron chi connectivity index (χ3n) is 5.10. The molecule has 0 saturated carbocycles. The van der Waals surface area contributed by atoms with Gasteiger partial charge in [0, 0.05) is 25.2 Å². The topological polar surface area (TPSA) is 101 Å². The van der Waals surface area contributed by atoms with Gasteiger partial charge in [0.25, 0.3) is 5.56 Å². The molecule has 3 heterocycles. The van der Waals surface area contributed by atoms with Gasteiger partial charge in [0.1, 0.15) is 18.3 Å². The van der Waals surface area contributed by atoms with Crippen LogP contribution in [0.5, 0.6) is 0 Å². The van der Waals surface area contributed by atoms with Crippen LogP contribution >= 0.6 is 0 Å². The molecule has 1 aromatic carbocycles. The fourth-order valence-electron chi connectivity index (χ4n) is 3.65. The van der Waals surface area contributed by atoms with Crippen molar-refractivity contribution >= 4 is 5.91 Å². The minimum atomic E-state index is -0.597. The van der Waals surface area contributed by atoms with Crippen molar-refractivity contribution in [1.29, 1.82) is 0 Å². The molecule has 150 valence electrons. The first kappa shape index (κ1) is 18.9. The third-order valence-corrected chi connectivity index (χ3v) is 5.10. The van der Waals surface area contributed by atoms with Crippen LogP contribution in [0.4, 0.5) is 0 Å². The molecule has 3 aromatic rings. The number of nitrogens with one attached hydrogen (secondary N) is 1. The number of hydrogen-bond acceptors (Lipinski definition) is 5. The average molecular weight is 394 g/mol. The van der Waals surface area contributed by atoms with E-state index in [1.807, 2.05) is 30.3 Å². The van der Waals surface area contributed by atoms with Crippen LogP contribution in [0.25, 0.3) is 0 Å². The van der Waals surface area contributed by atoms with E-state index in [2.05, 4.69) is 9.97 Å². The number of amides is 1. The molecule has 8 heteroatoms. The summed E-state index contributed by atoms with van der Waals surface area (Å²) in [6.07, 6.45) is 6.32. The molecular weight excluding hydrogens is 372 g/mol. The summed E-state index contributed by atoms with van der Waals surface area (Å²) >= 11 is 0. The Morgan fingerprint density at radius 2 is 2.00 bits per heavy atom. The van der Waals surface area contributed by atoms with Crippen molar-refractivity contribution in [2.24, 2.45) is 0 Å². The average Bonchev–Trinajstić information content (AvgIpc) is 3.19. The second-order valence-electron chi connectivity index (χ2n) is 7.16. The van der Waals surface area contributed by atoms with Gasteiger partial charge in [-0.25, -0.2) is 9.78 Å². The van der Waals surface area contributed by atoms with E-state index >= 15 is 0 Å². The van der Waals surface area contributed by atoms with E-state index in [-0.39, 0.29) is 18.5 Å². The van der Waals surface area contributed by atoms with Crippen LogP contribution in [0.3, 0.4) is 0 Å². The number of piperidine rings is 1. The van der Waals surface area contributed by atoms with Gasteiger partial charge >= 0.3 is 5.69 Å². The Balaban J connectivity index is 1.51.